The summed E-state index contributed by atoms with van der Waals surface area (Å²) in [6.07, 6.45) is -2.38. The van der Waals surface area contributed by atoms with E-state index in [-0.39, 0.29) is 5.56 Å². The van der Waals surface area contributed by atoms with Gasteiger partial charge in [0, 0.05) is 10.0 Å². The summed E-state index contributed by atoms with van der Waals surface area (Å²) in [6, 6.07) is 4.80. The molecule has 0 unspecified atom stereocenters. The van der Waals surface area contributed by atoms with Gasteiger partial charge in [-0.15, -0.1) is 0 Å². The van der Waals surface area contributed by atoms with E-state index in [1.54, 1.807) is 19.1 Å². The minimum absolute atomic E-state index is 0.0966. The molecule has 0 nitrogen and oxygen atoms in total. The van der Waals surface area contributed by atoms with Crippen molar-refractivity contribution in [3.05, 3.63) is 33.8 Å². The van der Waals surface area contributed by atoms with Gasteiger partial charge in [0.05, 0.1) is 0 Å². The van der Waals surface area contributed by atoms with Crippen LogP contribution in [0.1, 0.15) is 31.4 Å². The lowest BCUT2D eigenvalue weighted by Gasteiger charge is -2.04. The quantitative estimate of drug-likeness (QED) is 0.677. The van der Waals surface area contributed by atoms with E-state index < -0.39 is 6.43 Å². The lowest BCUT2D eigenvalue weighted by Crippen LogP contribution is -1.89. The maximum atomic E-state index is 12.2. The van der Waals surface area contributed by atoms with Gasteiger partial charge in [-0.1, -0.05) is 41.9 Å². The first-order valence-electron chi connectivity index (χ1n) is 4.16. The van der Waals surface area contributed by atoms with E-state index in [0.29, 0.717) is 5.56 Å². The van der Waals surface area contributed by atoms with Crippen molar-refractivity contribution in [2.24, 2.45) is 0 Å². The molecule has 0 atom stereocenters. The van der Waals surface area contributed by atoms with Gasteiger partial charge in [-0.05, 0) is 18.6 Å². The second-order valence-corrected chi connectivity index (χ2v) is 3.11. The summed E-state index contributed by atoms with van der Waals surface area (Å²) >= 11 is 3.18. The zero-order valence-corrected chi connectivity index (χ0v) is 9.53. The van der Waals surface area contributed by atoms with Crippen molar-refractivity contribution in [2.45, 2.75) is 27.2 Å². The maximum absolute atomic E-state index is 12.2. The van der Waals surface area contributed by atoms with Crippen LogP contribution in [0.3, 0.4) is 0 Å². The van der Waals surface area contributed by atoms with Crippen LogP contribution in [-0.4, -0.2) is 0 Å². The fourth-order valence-electron chi connectivity index (χ4n) is 0.861. The first kappa shape index (κ1) is 12.6. The molecule has 0 aliphatic rings. The average molecular weight is 251 g/mol. The molecule has 13 heavy (non-hydrogen) atoms. The van der Waals surface area contributed by atoms with E-state index in [4.69, 9.17) is 0 Å². The fourth-order valence-corrected chi connectivity index (χ4v) is 1.24. The zero-order chi connectivity index (χ0) is 10.4. The number of hydrogen-bond acceptors (Lipinski definition) is 0. The summed E-state index contributed by atoms with van der Waals surface area (Å²) < 4.78 is 25.1. The lowest BCUT2D eigenvalue weighted by atomic mass is 10.1. The highest BCUT2D eigenvalue weighted by Crippen LogP contribution is 2.27. The van der Waals surface area contributed by atoms with Crippen LogP contribution in [0.25, 0.3) is 0 Å². The molecule has 0 aliphatic heterocycles. The van der Waals surface area contributed by atoms with Crippen LogP contribution in [0.15, 0.2) is 22.7 Å². The Kier molecular flexibility index (Phi) is 5.88. The number of rotatable bonds is 1. The standard InChI is InChI=1S/C8H7BrF2.C2H6/c1-5-6(8(10)11)3-2-4-7(5)9;1-2/h2-4,8H,1H3;1-2H3. The van der Waals surface area contributed by atoms with Gasteiger partial charge in [0.1, 0.15) is 0 Å². The molecular weight excluding hydrogens is 238 g/mol. The van der Waals surface area contributed by atoms with Crippen molar-refractivity contribution in [1.82, 2.24) is 0 Å². The van der Waals surface area contributed by atoms with Crippen LogP contribution >= 0.6 is 15.9 Å². The molecule has 0 saturated carbocycles. The molecule has 0 N–H and O–H groups in total. The molecule has 0 bridgehead atoms. The third-order valence-corrected chi connectivity index (χ3v) is 2.40. The Balaban J connectivity index is 0.000000671. The van der Waals surface area contributed by atoms with Crippen molar-refractivity contribution in [2.75, 3.05) is 0 Å². The summed E-state index contributed by atoms with van der Waals surface area (Å²) in [5.41, 5.74) is 0.710. The maximum Gasteiger partial charge on any atom is 0.264 e. The predicted molar refractivity (Wildman–Crippen MR) is 55.2 cm³/mol. The molecule has 1 aromatic carbocycles. The molecule has 1 aromatic rings. The highest BCUT2D eigenvalue weighted by Gasteiger charge is 2.10. The van der Waals surface area contributed by atoms with Gasteiger partial charge in [0.15, 0.2) is 0 Å². The minimum Gasteiger partial charge on any atom is -0.205 e. The van der Waals surface area contributed by atoms with E-state index in [9.17, 15) is 8.78 Å². The second-order valence-electron chi connectivity index (χ2n) is 2.25. The highest BCUT2D eigenvalue weighted by molar-refractivity contribution is 9.10. The molecule has 0 saturated heterocycles. The Labute approximate surface area is 86.1 Å². The third kappa shape index (κ3) is 3.43. The SMILES string of the molecule is CC.Cc1c(Br)cccc1C(F)F. The lowest BCUT2D eigenvalue weighted by molar-refractivity contribution is 0.150. The van der Waals surface area contributed by atoms with Gasteiger partial charge in [-0.25, -0.2) is 8.78 Å². The first-order valence-corrected chi connectivity index (χ1v) is 4.95. The molecule has 3 heteroatoms. The fraction of sp³-hybridized carbons (Fsp3) is 0.400. The van der Waals surface area contributed by atoms with E-state index >= 15 is 0 Å². The number of alkyl halides is 2. The number of benzene rings is 1. The van der Waals surface area contributed by atoms with Crippen LogP contribution in [0, 0.1) is 6.92 Å². The van der Waals surface area contributed by atoms with Crippen LogP contribution < -0.4 is 0 Å². The smallest absolute Gasteiger partial charge is 0.205 e. The Morgan fingerprint density at radius 1 is 1.23 bits per heavy atom. The van der Waals surface area contributed by atoms with Gasteiger partial charge < -0.3 is 0 Å². The molecule has 0 heterocycles. The van der Waals surface area contributed by atoms with Crippen molar-refractivity contribution >= 4 is 15.9 Å². The van der Waals surface area contributed by atoms with Gasteiger partial charge in [0.25, 0.3) is 6.43 Å². The van der Waals surface area contributed by atoms with Gasteiger partial charge in [-0.3, -0.25) is 0 Å². The summed E-state index contributed by atoms with van der Waals surface area (Å²) in [5.74, 6) is 0. The topological polar surface area (TPSA) is 0 Å². The van der Waals surface area contributed by atoms with Crippen molar-refractivity contribution in [3.63, 3.8) is 0 Å². The second kappa shape index (κ2) is 6.08. The van der Waals surface area contributed by atoms with Crippen molar-refractivity contribution in [1.29, 1.82) is 0 Å². The number of halogens is 3. The molecule has 0 aliphatic carbocycles. The summed E-state index contributed by atoms with van der Waals surface area (Å²) in [4.78, 5) is 0. The van der Waals surface area contributed by atoms with Crippen LogP contribution in [-0.2, 0) is 0 Å². The van der Waals surface area contributed by atoms with E-state index in [1.807, 2.05) is 13.8 Å². The summed E-state index contributed by atoms with van der Waals surface area (Å²) in [7, 11) is 0. The molecule has 0 radical (unpaired) electrons. The third-order valence-electron chi connectivity index (χ3n) is 1.54. The van der Waals surface area contributed by atoms with Crippen LogP contribution in [0.5, 0.6) is 0 Å². The highest BCUT2D eigenvalue weighted by atomic mass is 79.9. The average Bonchev–Trinajstić information content (AvgIpc) is 2.13. The van der Waals surface area contributed by atoms with Crippen molar-refractivity contribution < 1.29 is 8.78 Å². The first-order chi connectivity index (χ1) is 6.13. The molecule has 0 amide bonds. The molecule has 0 aromatic heterocycles. The minimum atomic E-state index is -2.38. The Bertz CT molecular complexity index is 259. The molecular formula is C10H13BrF2. The van der Waals surface area contributed by atoms with E-state index in [0.717, 1.165) is 4.47 Å². The van der Waals surface area contributed by atoms with Gasteiger partial charge in [0.2, 0.25) is 0 Å². The zero-order valence-electron chi connectivity index (χ0n) is 7.94. The van der Waals surface area contributed by atoms with Gasteiger partial charge >= 0.3 is 0 Å². The summed E-state index contributed by atoms with van der Waals surface area (Å²) in [5, 5.41) is 0. The van der Waals surface area contributed by atoms with E-state index in [1.165, 1.54) is 6.07 Å². The summed E-state index contributed by atoms with van der Waals surface area (Å²) in [6.45, 7) is 5.67. The normalized spacial score (nSPS) is 9.46. The molecule has 74 valence electrons. The molecule has 0 fully saturated rings. The monoisotopic (exact) mass is 250 g/mol. The number of hydrogen-bond donors (Lipinski definition) is 0. The Hall–Kier alpha value is -0.440. The molecule has 1 rings (SSSR count). The molecule has 0 spiro atoms. The van der Waals surface area contributed by atoms with E-state index in [2.05, 4.69) is 15.9 Å². The largest absolute Gasteiger partial charge is 0.264 e. The van der Waals surface area contributed by atoms with Crippen LogP contribution in [0.2, 0.25) is 0 Å². The predicted octanol–water partition coefficient (Wildman–Crippen LogP) is 4.72. The van der Waals surface area contributed by atoms with Crippen molar-refractivity contribution in [3.8, 4) is 0 Å². The van der Waals surface area contributed by atoms with Gasteiger partial charge in [-0.2, -0.15) is 0 Å². The van der Waals surface area contributed by atoms with Crippen LogP contribution in [0.4, 0.5) is 8.78 Å². The Morgan fingerprint density at radius 2 is 1.77 bits per heavy atom. The Morgan fingerprint density at radius 3 is 2.15 bits per heavy atom.